The molecule has 2 unspecified atom stereocenters. The van der Waals surface area contributed by atoms with E-state index in [-0.39, 0.29) is 5.82 Å². The Morgan fingerprint density at radius 3 is 2.21 bits per heavy atom. The molecule has 0 bridgehead atoms. The fraction of sp³-hybridized carbons (Fsp3) is 0.268. The molecule has 0 radical (unpaired) electrons. The van der Waals surface area contributed by atoms with Gasteiger partial charge in [0.15, 0.2) is 5.60 Å². The van der Waals surface area contributed by atoms with Crippen molar-refractivity contribution in [2.75, 3.05) is 52.5 Å². The van der Waals surface area contributed by atoms with Crippen molar-refractivity contribution in [3.63, 3.8) is 0 Å². The molecule has 0 aromatic heterocycles. The number of nitrogens with zero attached hydrogens (tertiary/aromatic N) is 1. The van der Waals surface area contributed by atoms with Crippen molar-refractivity contribution in [1.82, 2.24) is 0 Å². The third kappa shape index (κ3) is 4.37. The molecule has 7 heteroatoms. The number of anilines is 1. The molecular formula is C41H38FNO5. The minimum absolute atomic E-state index is 0.307. The highest BCUT2D eigenvalue weighted by atomic mass is 19.1. The van der Waals surface area contributed by atoms with Crippen LogP contribution in [0.15, 0.2) is 91.0 Å². The smallest absolute Gasteiger partial charge is 0.178 e. The van der Waals surface area contributed by atoms with Gasteiger partial charge in [0.1, 0.15) is 28.7 Å². The molecule has 0 spiro atoms. The molecule has 5 aromatic carbocycles. The van der Waals surface area contributed by atoms with Gasteiger partial charge in [-0.25, -0.2) is 4.39 Å². The van der Waals surface area contributed by atoms with E-state index in [0.29, 0.717) is 13.2 Å². The molecule has 2 aliphatic heterocycles. The van der Waals surface area contributed by atoms with Gasteiger partial charge in [0.25, 0.3) is 0 Å². The van der Waals surface area contributed by atoms with E-state index in [2.05, 4.69) is 60.4 Å². The molecule has 2 heterocycles. The summed E-state index contributed by atoms with van der Waals surface area (Å²) >= 11 is 0. The number of hydrogen-bond donors (Lipinski definition) is 0. The first-order chi connectivity index (χ1) is 23.5. The Morgan fingerprint density at radius 2 is 1.54 bits per heavy atom. The number of morpholine rings is 1. The Labute approximate surface area is 280 Å². The number of benzene rings is 5. The first-order valence-corrected chi connectivity index (χ1v) is 16.5. The van der Waals surface area contributed by atoms with Crippen LogP contribution in [0.3, 0.4) is 0 Å². The zero-order chi connectivity index (χ0) is 33.0. The molecule has 2 atom stereocenters. The molecule has 0 N–H and O–H groups in total. The SMILES string of the molecule is CCC1(OC)c2ccccc2-c2c1c1c(c3cc(OC)c(N4CCOCC4)cc23)OC(c2ccc(F)cc2)(c2ccc(OC)cc2)C=C1. The summed E-state index contributed by atoms with van der Waals surface area (Å²) in [5, 5.41) is 1.99. The lowest BCUT2D eigenvalue weighted by Crippen LogP contribution is -2.36. The quantitative estimate of drug-likeness (QED) is 0.177. The van der Waals surface area contributed by atoms with Gasteiger partial charge in [0, 0.05) is 47.8 Å². The van der Waals surface area contributed by atoms with Gasteiger partial charge in [-0.3, -0.25) is 0 Å². The summed E-state index contributed by atoms with van der Waals surface area (Å²) in [5.41, 5.74) is 6.46. The Balaban J connectivity index is 1.47. The van der Waals surface area contributed by atoms with Crippen LogP contribution < -0.4 is 19.1 Å². The van der Waals surface area contributed by atoms with Crippen molar-refractivity contribution in [2.24, 2.45) is 0 Å². The molecule has 1 fully saturated rings. The molecule has 1 saturated heterocycles. The normalized spacial score (nSPS) is 21.0. The number of hydrogen-bond acceptors (Lipinski definition) is 6. The van der Waals surface area contributed by atoms with E-state index in [9.17, 15) is 4.39 Å². The second-order valence-corrected chi connectivity index (χ2v) is 12.5. The maximum atomic E-state index is 14.3. The number of rotatable bonds is 7. The van der Waals surface area contributed by atoms with Crippen molar-refractivity contribution >= 4 is 22.5 Å². The van der Waals surface area contributed by atoms with Crippen molar-refractivity contribution in [2.45, 2.75) is 24.5 Å². The van der Waals surface area contributed by atoms with Crippen LogP contribution in [0.25, 0.3) is 28.0 Å². The molecule has 244 valence electrons. The zero-order valence-corrected chi connectivity index (χ0v) is 27.6. The molecule has 1 aliphatic carbocycles. The van der Waals surface area contributed by atoms with Crippen molar-refractivity contribution < 1.29 is 28.1 Å². The van der Waals surface area contributed by atoms with Gasteiger partial charge in [-0.15, -0.1) is 0 Å². The highest BCUT2D eigenvalue weighted by Gasteiger charge is 2.48. The van der Waals surface area contributed by atoms with Crippen LogP contribution in [0.1, 0.15) is 41.2 Å². The summed E-state index contributed by atoms with van der Waals surface area (Å²) in [5.74, 6) is 1.92. The van der Waals surface area contributed by atoms with Gasteiger partial charge in [-0.05, 0) is 71.0 Å². The van der Waals surface area contributed by atoms with E-state index in [0.717, 1.165) is 92.2 Å². The summed E-state index contributed by atoms with van der Waals surface area (Å²) in [7, 11) is 5.16. The Morgan fingerprint density at radius 1 is 0.833 bits per heavy atom. The van der Waals surface area contributed by atoms with E-state index in [1.54, 1.807) is 33.5 Å². The minimum atomic E-state index is -1.06. The van der Waals surface area contributed by atoms with Crippen LogP contribution >= 0.6 is 0 Å². The number of halogens is 1. The van der Waals surface area contributed by atoms with Crippen molar-refractivity contribution in [3.8, 4) is 28.4 Å². The maximum Gasteiger partial charge on any atom is 0.178 e. The molecule has 0 amide bonds. The van der Waals surface area contributed by atoms with Crippen molar-refractivity contribution in [1.29, 1.82) is 0 Å². The highest BCUT2D eigenvalue weighted by molar-refractivity contribution is 6.10. The van der Waals surface area contributed by atoms with Gasteiger partial charge >= 0.3 is 0 Å². The number of ether oxygens (including phenoxy) is 5. The van der Waals surface area contributed by atoms with Crippen LogP contribution in [-0.2, 0) is 20.7 Å². The third-order valence-electron chi connectivity index (χ3n) is 10.4. The van der Waals surface area contributed by atoms with Gasteiger partial charge in [0.2, 0.25) is 0 Å². The maximum absolute atomic E-state index is 14.3. The van der Waals surface area contributed by atoms with Crippen LogP contribution in [0.4, 0.5) is 10.1 Å². The predicted molar refractivity (Wildman–Crippen MR) is 187 cm³/mol. The summed E-state index contributed by atoms with van der Waals surface area (Å²) in [4.78, 5) is 2.33. The lowest BCUT2D eigenvalue weighted by atomic mass is 9.79. The number of methoxy groups -OCH3 is 3. The molecule has 0 saturated carbocycles. The standard InChI is InChI=1S/C41H38FNO5/c1-5-40(46-4)34-9-7-6-8-30(34)37-32-24-35(43-20-22-47-23-21-43)36(45-3)25-33(32)39-31(38(37)40)18-19-41(48-39,26-10-14-28(42)15-11-26)27-12-16-29(44-2)17-13-27/h6-19,24-25H,5,20-23H2,1-4H3. The fourth-order valence-corrected chi connectivity index (χ4v) is 7.99. The summed E-state index contributed by atoms with van der Waals surface area (Å²) in [6.45, 7) is 5.03. The summed E-state index contributed by atoms with van der Waals surface area (Å²) < 4.78 is 45.6. The Hall–Kier alpha value is -4.85. The summed E-state index contributed by atoms with van der Waals surface area (Å²) in [6.07, 6.45) is 4.99. The van der Waals surface area contributed by atoms with E-state index >= 15 is 0 Å². The topological polar surface area (TPSA) is 49.4 Å². The molecule has 3 aliphatic rings. The van der Waals surface area contributed by atoms with E-state index in [4.69, 9.17) is 23.7 Å². The first-order valence-electron chi connectivity index (χ1n) is 16.5. The summed E-state index contributed by atoms with van der Waals surface area (Å²) in [6, 6.07) is 27.3. The van der Waals surface area contributed by atoms with Crippen molar-refractivity contribution in [3.05, 3.63) is 125 Å². The largest absolute Gasteiger partial charge is 0.497 e. The molecule has 48 heavy (non-hydrogen) atoms. The Bertz CT molecular complexity index is 2050. The van der Waals surface area contributed by atoms with E-state index < -0.39 is 11.2 Å². The van der Waals surface area contributed by atoms with Gasteiger partial charge < -0.3 is 28.6 Å². The average molecular weight is 644 g/mol. The monoisotopic (exact) mass is 643 g/mol. The van der Waals surface area contributed by atoms with Crippen LogP contribution in [0.5, 0.6) is 17.2 Å². The first kappa shape index (κ1) is 30.5. The van der Waals surface area contributed by atoms with E-state index in [1.807, 2.05) is 24.3 Å². The number of fused-ring (bicyclic) bond motifs is 8. The fourth-order valence-electron chi connectivity index (χ4n) is 7.99. The average Bonchev–Trinajstić information content (AvgIpc) is 3.45. The van der Waals surface area contributed by atoms with Gasteiger partial charge in [-0.2, -0.15) is 0 Å². The minimum Gasteiger partial charge on any atom is -0.497 e. The molecule has 6 nitrogen and oxygen atoms in total. The molecule has 8 rings (SSSR count). The third-order valence-corrected chi connectivity index (χ3v) is 10.4. The molecule has 5 aromatic rings. The second-order valence-electron chi connectivity index (χ2n) is 12.5. The zero-order valence-electron chi connectivity index (χ0n) is 27.6. The van der Waals surface area contributed by atoms with E-state index in [1.165, 1.54) is 12.1 Å². The second kappa shape index (κ2) is 11.7. The van der Waals surface area contributed by atoms with Crippen LogP contribution in [-0.4, -0.2) is 47.6 Å². The van der Waals surface area contributed by atoms with Crippen LogP contribution in [0.2, 0.25) is 0 Å². The van der Waals surface area contributed by atoms with Gasteiger partial charge in [-0.1, -0.05) is 61.5 Å². The predicted octanol–water partition coefficient (Wildman–Crippen LogP) is 8.46. The highest BCUT2D eigenvalue weighted by Crippen LogP contribution is 2.60. The van der Waals surface area contributed by atoms with Crippen LogP contribution in [0, 0.1) is 5.82 Å². The lowest BCUT2D eigenvalue weighted by Gasteiger charge is -2.39. The Kier molecular flexibility index (Phi) is 7.42. The lowest BCUT2D eigenvalue weighted by molar-refractivity contribution is 0.0219. The molecular weight excluding hydrogens is 605 g/mol. The van der Waals surface area contributed by atoms with Gasteiger partial charge in [0.05, 0.1) is 33.1 Å².